The second-order valence-corrected chi connectivity index (χ2v) is 6.56. The van der Waals surface area contributed by atoms with Crippen molar-refractivity contribution in [1.82, 2.24) is 4.90 Å². The highest BCUT2D eigenvalue weighted by Crippen LogP contribution is 2.44. The summed E-state index contributed by atoms with van der Waals surface area (Å²) in [4.78, 5) is 24.9. The summed E-state index contributed by atoms with van der Waals surface area (Å²) in [6.07, 6.45) is 0.473. The summed E-state index contributed by atoms with van der Waals surface area (Å²) in [6.45, 7) is 2.08. The summed E-state index contributed by atoms with van der Waals surface area (Å²) in [5, 5.41) is 9.31. The lowest BCUT2D eigenvalue weighted by Crippen LogP contribution is -2.42. The molecule has 2 aromatic carbocycles. The van der Waals surface area contributed by atoms with Crippen LogP contribution in [0.4, 0.5) is 4.79 Å². The largest absolute Gasteiger partial charge is 0.480 e. The SMILES string of the molecule is CCC[C@H](C(=O)O)N(C)C(=O)OCC1c2ccccc2-c2ccccc21. The molecular formula is C21H23NO4. The minimum Gasteiger partial charge on any atom is -0.480 e. The lowest BCUT2D eigenvalue weighted by molar-refractivity contribution is -0.142. The third-order valence-corrected chi connectivity index (χ3v) is 4.94. The monoisotopic (exact) mass is 353 g/mol. The van der Waals surface area contributed by atoms with Crippen LogP contribution in [0.3, 0.4) is 0 Å². The molecule has 1 atom stereocenters. The summed E-state index contributed by atoms with van der Waals surface area (Å²) in [6, 6.07) is 15.3. The van der Waals surface area contributed by atoms with Gasteiger partial charge in [-0.15, -0.1) is 0 Å². The number of hydrogen-bond acceptors (Lipinski definition) is 3. The van der Waals surface area contributed by atoms with Gasteiger partial charge in [-0.3, -0.25) is 4.90 Å². The lowest BCUT2D eigenvalue weighted by atomic mass is 9.98. The Balaban J connectivity index is 1.75. The average molecular weight is 353 g/mol. The second kappa shape index (κ2) is 7.60. The molecule has 0 unspecified atom stereocenters. The number of hydrogen-bond donors (Lipinski definition) is 1. The number of fused-ring (bicyclic) bond motifs is 3. The first kappa shape index (κ1) is 18.0. The summed E-state index contributed by atoms with van der Waals surface area (Å²) in [7, 11) is 1.48. The number of benzene rings is 2. The summed E-state index contributed by atoms with van der Waals surface area (Å²) in [5.74, 6) is -1.04. The molecule has 1 N–H and O–H groups in total. The van der Waals surface area contributed by atoms with E-state index in [4.69, 9.17) is 4.74 Å². The van der Waals surface area contributed by atoms with E-state index in [1.54, 1.807) is 0 Å². The van der Waals surface area contributed by atoms with E-state index >= 15 is 0 Å². The fraction of sp³-hybridized carbons (Fsp3) is 0.333. The number of carbonyl (C=O) groups is 2. The van der Waals surface area contributed by atoms with Crippen molar-refractivity contribution in [3.63, 3.8) is 0 Å². The van der Waals surface area contributed by atoms with Gasteiger partial charge in [0, 0.05) is 13.0 Å². The Morgan fingerprint density at radius 1 is 1.08 bits per heavy atom. The molecule has 2 aromatic rings. The van der Waals surface area contributed by atoms with Crippen molar-refractivity contribution in [1.29, 1.82) is 0 Å². The van der Waals surface area contributed by atoms with Gasteiger partial charge in [0.15, 0.2) is 0 Å². The Hall–Kier alpha value is -2.82. The molecule has 136 valence electrons. The van der Waals surface area contributed by atoms with Gasteiger partial charge in [0.2, 0.25) is 0 Å². The van der Waals surface area contributed by atoms with Crippen LogP contribution in [-0.2, 0) is 9.53 Å². The van der Waals surface area contributed by atoms with Gasteiger partial charge in [-0.25, -0.2) is 9.59 Å². The van der Waals surface area contributed by atoms with Gasteiger partial charge in [0.25, 0.3) is 0 Å². The molecule has 0 heterocycles. The molecule has 0 saturated carbocycles. The second-order valence-electron chi connectivity index (χ2n) is 6.56. The molecule has 0 bridgehead atoms. The smallest absolute Gasteiger partial charge is 0.410 e. The van der Waals surface area contributed by atoms with Crippen LogP contribution in [-0.4, -0.2) is 41.8 Å². The van der Waals surface area contributed by atoms with E-state index < -0.39 is 18.1 Å². The Kier molecular flexibility index (Phi) is 5.26. The molecule has 26 heavy (non-hydrogen) atoms. The Morgan fingerprint density at radius 3 is 2.12 bits per heavy atom. The van der Waals surface area contributed by atoms with Gasteiger partial charge < -0.3 is 9.84 Å². The number of nitrogens with zero attached hydrogens (tertiary/aromatic N) is 1. The first-order chi connectivity index (χ1) is 12.5. The molecule has 3 rings (SSSR count). The van der Waals surface area contributed by atoms with Crippen LogP contribution in [0.2, 0.25) is 0 Å². The van der Waals surface area contributed by atoms with E-state index in [-0.39, 0.29) is 12.5 Å². The van der Waals surface area contributed by atoms with Gasteiger partial charge >= 0.3 is 12.1 Å². The van der Waals surface area contributed by atoms with Crippen molar-refractivity contribution < 1.29 is 19.4 Å². The number of carboxylic acid groups (broad SMARTS) is 1. The van der Waals surface area contributed by atoms with Crippen LogP contribution in [0.1, 0.15) is 36.8 Å². The minimum atomic E-state index is -1.01. The molecule has 0 fully saturated rings. The van der Waals surface area contributed by atoms with Crippen LogP contribution < -0.4 is 0 Å². The van der Waals surface area contributed by atoms with Crippen LogP contribution >= 0.6 is 0 Å². The summed E-state index contributed by atoms with van der Waals surface area (Å²) in [5.41, 5.74) is 4.58. The molecule has 0 radical (unpaired) electrons. The number of carboxylic acids is 1. The number of amides is 1. The Bertz CT molecular complexity index is 772. The third-order valence-electron chi connectivity index (χ3n) is 4.94. The molecule has 5 nitrogen and oxygen atoms in total. The summed E-state index contributed by atoms with van der Waals surface area (Å²) < 4.78 is 5.50. The normalized spacial score (nSPS) is 13.6. The maximum atomic E-state index is 12.4. The molecule has 0 spiro atoms. The van der Waals surface area contributed by atoms with Gasteiger partial charge in [-0.1, -0.05) is 61.9 Å². The van der Waals surface area contributed by atoms with E-state index in [1.807, 2.05) is 31.2 Å². The molecule has 5 heteroatoms. The van der Waals surface area contributed by atoms with Crippen LogP contribution in [0.5, 0.6) is 0 Å². The fourth-order valence-corrected chi connectivity index (χ4v) is 3.58. The number of ether oxygens (including phenoxy) is 1. The van der Waals surface area contributed by atoms with Crippen molar-refractivity contribution in [2.24, 2.45) is 0 Å². The van der Waals surface area contributed by atoms with E-state index in [2.05, 4.69) is 24.3 Å². The van der Waals surface area contributed by atoms with Gasteiger partial charge in [-0.05, 0) is 28.7 Å². The van der Waals surface area contributed by atoms with Crippen molar-refractivity contribution in [2.45, 2.75) is 31.7 Å². The molecule has 0 saturated heterocycles. The van der Waals surface area contributed by atoms with Crippen LogP contribution in [0.15, 0.2) is 48.5 Å². The highest BCUT2D eigenvalue weighted by Gasteiger charge is 2.31. The molecular weight excluding hydrogens is 330 g/mol. The third kappa shape index (κ3) is 3.29. The Morgan fingerprint density at radius 2 is 1.62 bits per heavy atom. The highest BCUT2D eigenvalue weighted by molar-refractivity contribution is 5.81. The van der Waals surface area contributed by atoms with Crippen molar-refractivity contribution in [2.75, 3.05) is 13.7 Å². The quantitative estimate of drug-likeness (QED) is 0.848. The molecule has 0 aliphatic heterocycles. The van der Waals surface area contributed by atoms with Crippen LogP contribution in [0, 0.1) is 0 Å². The zero-order valence-corrected chi connectivity index (χ0v) is 15.0. The van der Waals surface area contributed by atoms with Crippen molar-refractivity contribution in [3.05, 3.63) is 59.7 Å². The predicted octanol–water partition coefficient (Wildman–Crippen LogP) is 4.12. The van der Waals surface area contributed by atoms with Crippen molar-refractivity contribution >= 4 is 12.1 Å². The molecule has 1 aliphatic carbocycles. The zero-order valence-electron chi connectivity index (χ0n) is 15.0. The van der Waals surface area contributed by atoms with Gasteiger partial charge in [-0.2, -0.15) is 0 Å². The standard InChI is InChI=1S/C21H23NO4/c1-3-8-19(20(23)24)22(2)21(25)26-13-18-16-11-6-4-9-14(16)15-10-5-7-12-17(15)18/h4-7,9-12,18-19H,3,8,13H2,1-2H3,(H,23,24)/t19-/m1/s1. The first-order valence-corrected chi connectivity index (χ1v) is 8.85. The van der Waals surface area contributed by atoms with E-state index in [9.17, 15) is 14.7 Å². The zero-order chi connectivity index (χ0) is 18.7. The van der Waals surface area contributed by atoms with Crippen molar-refractivity contribution in [3.8, 4) is 11.1 Å². The highest BCUT2D eigenvalue weighted by atomic mass is 16.6. The topological polar surface area (TPSA) is 66.8 Å². The maximum absolute atomic E-state index is 12.4. The molecule has 0 aromatic heterocycles. The van der Waals surface area contributed by atoms with E-state index in [0.717, 1.165) is 22.3 Å². The number of likely N-dealkylation sites (N-methyl/N-ethyl adjacent to an activating group) is 1. The van der Waals surface area contributed by atoms with Gasteiger partial charge in [0.05, 0.1) is 0 Å². The number of carbonyl (C=O) groups excluding carboxylic acids is 1. The number of aliphatic carboxylic acids is 1. The molecule has 1 aliphatic rings. The lowest BCUT2D eigenvalue weighted by Gasteiger charge is -2.25. The van der Waals surface area contributed by atoms with E-state index in [0.29, 0.717) is 12.8 Å². The van der Waals surface area contributed by atoms with Gasteiger partial charge in [0.1, 0.15) is 12.6 Å². The summed E-state index contributed by atoms with van der Waals surface area (Å²) >= 11 is 0. The Labute approximate surface area is 153 Å². The maximum Gasteiger partial charge on any atom is 0.410 e. The molecule has 1 amide bonds. The number of rotatable bonds is 6. The average Bonchev–Trinajstić information content (AvgIpc) is 2.97. The first-order valence-electron chi connectivity index (χ1n) is 8.85. The van der Waals surface area contributed by atoms with Crippen LogP contribution in [0.25, 0.3) is 11.1 Å². The van der Waals surface area contributed by atoms with E-state index in [1.165, 1.54) is 11.9 Å². The fourth-order valence-electron chi connectivity index (χ4n) is 3.58. The predicted molar refractivity (Wildman–Crippen MR) is 99.2 cm³/mol. The minimum absolute atomic E-state index is 0.0331.